The average molecular weight is 354 g/mol. The minimum absolute atomic E-state index is 0.00393. The van der Waals surface area contributed by atoms with Crippen LogP contribution in [0.5, 0.6) is 0 Å². The van der Waals surface area contributed by atoms with Crippen molar-refractivity contribution in [2.75, 3.05) is 32.8 Å². The summed E-state index contributed by atoms with van der Waals surface area (Å²) in [6, 6.07) is 8.62. The summed E-state index contributed by atoms with van der Waals surface area (Å²) < 4.78 is 7.95. The number of nitrogens with zero attached hydrogens (tertiary/aromatic N) is 2. The number of benzene rings is 1. The third-order valence-corrected chi connectivity index (χ3v) is 6.54. The van der Waals surface area contributed by atoms with Crippen molar-refractivity contribution in [1.29, 1.82) is 0 Å². The van der Waals surface area contributed by atoms with E-state index in [1.807, 2.05) is 0 Å². The van der Waals surface area contributed by atoms with Crippen molar-refractivity contribution >= 4 is 17.2 Å². The molecule has 1 aliphatic carbocycles. The van der Waals surface area contributed by atoms with Crippen LogP contribution in [0.25, 0.3) is 10.9 Å². The average Bonchev–Trinajstić information content (AvgIpc) is 3.01. The van der Waals surface area contributed by atoms with E-state index < -0.39 is 0 Å². The zero-order chi connectivity index (χ0) is 18.1. The molecule has 140 valence electrons. The minimum atomic E-state index is 0.00393. The summed E-state index contributed by atoms with van der Waals surface area (Å²) >= 11 is 0. The summed E-state index contributed by atoms with van der Waals surface area (Å²) in [6.45, 7) is 10.1. The SMILES string of the molecule is CCC1Cc2c(c3ccccc3n2CC)C(C=O)C1CN1CCOCC1. The standard InChI is InChI=1S/C22H30N2O2/c1-3-16-13-21-22(17-7-5-6-8-20(17)24(21)4-2)19(15-25)18(16)14-23-9-11-26-12-10-23/h5-8,15-16,18-19H,3-4,9-14H2,1-2H3. The lowest BCUT2D eigenvalue weighted by Gasteiger charge is -2.40. The summed E-state index contributed by atoms with van der Waals surface area (Å²) in [6.07, 6.45) is 3.45. The van der Waals surface area contributed by atoms with E-state index in [4.69, 9.17) is 4.74 Å². The molecule has 1 fully saturated rings. The van der Waals surface area contributed by atoms with Crippen LogP contribution in [0.1, 0.15) is 37.4 Å². The van der Waals surface area contributed by atoms with E-state index in [1.54, 1.807) is 0 Å². The molecule has 2 heterocycles. The van der Waals surface area contributed by atoms with E-state index in [0.29, 0.717) is 11.8 Å². The molecule has 4 heteroatoms. The fourth-order valence-electron chi connectivity index (χ4n) is 5.20. The largest absolute Gasteiger partial charge is 0.379 e. The Labute approximate surface area is 156 Å². The molecule has 0 spiro atoms. The molecule has 0 saturated carbocycles. The van der Waals surface area contributed by atoms with Gasteiger partial charge in [0, 0.05) is 48.7 Å². The first-order valence-corrected chi connectivity index (χ1v) is 10.1. The van der Waals surface area contributed by atoms with Crippen LogP contribution in [0, 0.1) is 11.8 Å². The number of aryl methyl sites for hydroxylation is 1. The molecule has 0 radical (unpaired) electrons. The van der Waals surface area contributed by atoms with E-state index in [1.165, 1.54) is 28.4 Å². The molecule has 2 aromatic rings. The minimum Gasteiger partial charge on any atom is -0.379 e. The van der Waals surface area contributed by atoms with Gasteiger partial charge in [-0.3, -0.25) is 4.90 Å². The maximum Gasteiger partial charge on any atom is 0.127 e. The van der Waals surface area contributed by atoms with Crippen LogP contribution in [-0.2, 0) is 22.5 Å². The van der Waals surface area contributed by atoms with Crippen LogP contribution >= 0.6 is 0 Å². The molecule has 2 aliphatic rings. The second kappa shape index (κ2) is 7.53. The number of aromatic nitrogens is 1. The molecule has 1 saturated heterocycles. The van der Waals surface area contributed by atoms with Crippen molar-refractivity contribution < 1.29 is 9.53 Å². The maximum atomic E-state index is 12.3. The van der Waals surface area contributed by atoms with Crippen LogP contribution in [-0.4, -0.2) is 48.6 Å². The topological polar surface area (TPSA) is 34.5 Å². The van der Waals surface area contributed by atoms with Gasteiger partial charge in [-0.25, -0.2) is 0 Å². The molecular formula is C22H30N2O2. The Morgan fingerprint density at radius 1 is 1.19 bits per heavy atom. The Balaban J connectivity index is 1.78. The van der Waals surface area contributed by atoms with Gasteiger partial charge in [0.05, 0.1) is 13.2 Å². The number of fused-ring (bicyclic) bond motifs is 3. The van der Waals surface area contributed by atoms with Gasteiger partial charge in [-0.2, -0.15) is 0 Å². The summed E-state index contributed by atoms with van der Waals surface area (Å²) in [5.74, 6) is 0.971. The number of hydrogen-bond acceptors (Lipinski definition) is 3. The van der Waals surface area contributed by atoms with E-state index in [2.05, 4.69) is 47.6 Å². The highest BCUT2D eigenvalue weighted by Gasteiger charge is 2.40. The number of para-hydroxylation sites is 1. The molecule has 3 atom stereocenters. The molecule has 26 heavy (non-hydrogen) atoms. The number of aldehydes is 1. The summed E-state index contributed by atoms with van der Waals surface area (Å²) in [4.78, 5) is 14.8. The molecule has 0 bridgehead atoms. The van der Waals surface area contributed by atoms with Crippen LogP contribution < -0.4 is 0 Å². The molecule has 0 amide bonds. The van der Waals surface area contributed by atoms with Gasteiger partial charge in [-0.1, -0.05) is 31.5 Å². The van der Waals surface area contributed by atoms with Crippen LogP contribution in [0.4, 0.5) is 0 Å². The summed E-state index contributed by atoms with van der Waals surface area (Å²) in [7, 11) is 0. The van der Waals surface area contributed by atoms with E-state index in [-0.39, 0.29) is 5.92 Å². The molecule has 4 rings (SSSR count). The highest BCUT2D eigenvalue weighted by molar-refractivity contribution is 5.89. The van der Waals surface area contributed by atoms with Crippen molar-refractivity contribution in [2.24, 2.45) is 11.8 Å². The Hall–Kier alpha value is -1.65. The van der Waals surface area contributed by atoms with Crippen molar-refractivity contribution in [3.05, 3.63) is 35.5 Å². The third-order valence-electron chi connectivity index (χ3n) is 6.54. The first kappa shape index (κ1) is 17.7. The number of hydrogen-bond donors (Lipinski definition) is 0. The molecule has 0 N–H and O–H groups in total. The maximum absolute atomic E-state index is 12.3. The molecule has 4 nitrogen and oxygen atoms in total. The third kappa shape index (κ3) is 2.89. The molecule has 3 unspecified atom stereocenters. The molecule has 1 aromatic carbocycles. The normalized spacial score (nSPS) is 26.8. The fourth-order valence-corrected chi connectivity index (χ4v) is 5.20. The van der Waals surface area contributed by atoms with Gasteiger partial charge in [-0.05, 0) is 36.8 Å². The van der Waals surface area contributed by atoms with E-state index >= 15 is 0 Å². The monoisotopic (exact) mass is 354 g/mol. The lowest BCUT2D eigenvalue weighted by Crippen LogP contribution is -2.44. The summed E-state index contributed by atoms with van der Waals surface area (Å²) in [5, 5.41) is 1.28. The Bertz CT molecular complexity index is 776. The smallest absolute Gasteiger partial charge is 0.127 e. The Morgan fingerprint density at radius 2 is 1.96 bits per heavy atom. The van der Waals surface area contributed by atoms with Crippen LogP contribution in [0.3, 0.4) is 0 Å². The van der Waals surface area contributed by atoms with Crippen molar-refractivity contribution in [3.63, 3.8) is 0 Å². The van der Waals surface area contributed by atoms with Crippen LogP contribution in [0.15, 0.2) is 24.3 Å². The van der Waals surface area contributed by atoms with Gasteiger partial charge in [-0.15, -0.1) is 0 Å². The van der Waals surface area contributed by atoms with Crippen molar-refractivity contribution in [2.45, 2.75) is 39.2 Å². The molecular weight excluding hydrogens is 324 g/mol. The van der Waals surface area contributed by atoms with Crippen molar-refractivity contribution in [3.8, 4) is 0 Å². The molecule has 1 aromatic heterocycles. The second-order valence-corrected chi connectivity index (χ2v) is 7.73. The van der Waals surface area contributed by atoms with Gasteiger partial charge in [0.1, 0.15) is 6.29 Å². The number of carbonyl (C=O) groups excluding carboxylic acids is 1. The van der Waals surface area contributed by atoms with Gasteiger partial charge in [0.15, 0.2) is 0 Å². The van der Waals surface area contributed by atoms with Gasteiger partial charge in [0.25, 0.3) is 0 Å². The van der Waals surface area contributed by atoms with E-state index in [9.17, 15) is 4.79 Å². The first-order chi connectivity index (χ1) is 12.8. The zero-order valence-electron chi connectivity index (χ0n) is 16.0. The predicted octanol–water partition coefficient (Wildman–Crippen LogP) is 3.47. The summed E-state index contributed by atoms with van der Waals surface area (Å²) in [5.41, 5.74) is 3.99. The van der Waals surface area contributed by atoms with Gasteiger partial charge in [0.2, 0.25) is 0 Å². The fraction of sp³-hybridized carbons (Fsp3) is 0.591. The first-order valence-electron chi connectivity index (χ1n) is 10.1. The predicted molar refractivity (Wildman–Crippen MR) is 105 cm³/mol. The van der Waals surface area contributed by atoms with Gasteiger partial charge >= 0.3 is 0 Å². The van der Waals surface area contributed by atoms with Crippen LogP contribution in [0.2, 0.25) is 0 Å². The molecule has 1 aliphatic heterocycles. The number of ether oxygens (including phenoxy) is 1. The lowest BCUT2D eigenvalue weighted by atomic mass is 9.69. The van der Waals surface area contributed by atoms with Gasteiger partial charge < -0.3 is 14.1 Å². The highest BCUT2D eigenvalue weighted by Crippen LogP contribution is 2.45. The highest BCUT2D eigenvalue weighted by atomic mass is 16.5. The zero-order valence-corrected chi connectivity index (χ0v) is 16.0. The Morgan fingerprint density at radius 3 is 2.65 bits per heavy atom. The van der Waals surface area contributed by atoms with Crippen molar-refractivity contribution in [1.82, 2.24) is 9.47 Å². The second-order valence-electron chi connectivity index (χ2n) is 7.73. The number of rotatable bonds is 5. The number of morpholine rings is 1. The quantitative estimate of drug-likeness (QED) is 0.771. The number of carbonyl (C=O) groups is 1. The lowest BCUT2D eigenvalue weighted by molar-refractivity contribution is -0.111. The Kier molecular flexibility index (Phi) is 5.14. The van der Waals surface area contributed by atoms with E-state index in [0.717, 1.165) is 52.2 Å².